The van der Waals surface area contributed by atoms with Gasteiger partial charge in [-0.25, -0.2) is 0 Å². The molecule has 1 aromatic carbocycles. The lowest BCUT2D eigenvalue weighted by Gasteiger charge is -2.22. The van der Waals surface area contributed by atoms with Crippen LogP contribution in [0.15, 0.2) is 54.6 Å². The highest BCUT2D eigenvalue weighted by molar-refractivity contribution is 6.00. The lowest BCUT2D eigenvalue weighted by molar-refractivity contribution is -0.126. The lowest BCUT2D eigenvalue weighted by atomic mass is 9.93. The summed E-state index contributed by atoms with van der Waals surface area (Å²) in [5.41, 5.74) is 1.25. The van der Waals surface area contributed by atoms with Crippen LogP contribution >= 0.6 is 0 Å². The fourth-order valence-corrected chi connectivity index (χ4v) is 2.77. The first-order valence-electron chi connectivity index (χ1n) is 7.79. The van der Waals surface area contributed by atoms with E-state index in [9.17, 15) is 14.7 Å². The quantitative estimate of drug-likeness (QED) is 0.829. The second-order valence-corrected chi connectivity index (χ2v) is 6.10. The molecule has 1 saturated heterocycles. The van der Waals surface area contributed by atoms with E-state index >= 15 is 0 Å². The third-order valence-electron chi connectivity index (χ3n) is 4.11. The van der Waals surface area contributed by atoms with Crippen LogP contribution < -0.4 is 5.32 Å². The van der Waals surface area contributed by atoms with E-state index in [-0.39, 0.29) is 11.7 Å². The number of aryl methyl sites for hydroxylation is 1. The van der Waals surface area contributed by atoms with Crippen molar-refractivity contribution in [2.24, 2.45) is 0 Å². The smallest absolute Gasteiger partial charge is 0.244 e. The summed E-state index contributed by atoms with van der Waals surface area (Å²) in [6.07, 6.45) is 8.45. The number of carbonyl (C=O) groups is 2. The molecule has 5 nitrogen and oxygen atoms in total. The lowest BCUT2D eigenvalue weighted by Crippen LogP contribution is -2.39. The molecule has 24 heavy (non-hydrogen) atoms. The summed E-state index contributed by atoms with van der Waals surface area (Å²) < 4.78 is 5.52. The Balaban J connectivity index is 1.60. The van der Waals surface area contributed by atoms with E-state index in [0.717, 1.165) is 11.1 Å². The van der Waals surface area contributed by atoms with Crippen LogP contribution in [0.1, 0.15) is 17.5 Å². The molecule has 124 valence electrons. The molecule has 1 aliphatic heterocycles. The Bertz CT molecular complexity index is 714. The Kier molecular flexibility index (Phi) is 4.46. The standard InChI is InChI=1S/C19H19NO4/c1-13-2-4-14(5-3-13)6-7-17(22)20-16-12-19(24-18(16)23)10-8-15(21)9-11-19/h2-11,16,18,23H,12H2,1H3,(H,20,22)/b7-6+/t16-,18?/m0/s1. The summed E-state index contributed by atoms with van der Waals surface area (Å²) in [6.45, 7) is 2.00. The van der Waals surface area contributed by atoms with Crippen molar-refractivity contribution >= 4 is 17.8 Å². The Morgan fingerprint density at radius 1 is 1.29 bits per heavy atom. The average Bonchev–Trinajstić information content (AvgIpc) is 2.86. The number of carbonyl (C=O) groups excluding carboxylic acids is 2. The number of hydrogen-bond donors (Lipinski definition) is 2. The highest BCUT2D eigenvalue weighted by Crippen LogP contribution is 2.34. The van der Waals surface area contributed by atoms with E-state index in [4.69, 9.17) is 4.74 Å². The number of ether oxygens (including phenoxy) is 1. The minimum Gasteiger partial charge on any atom is -0.366 e. The molecule has 1 aromatic rings. The van der Waals surface area contributed by atoms with Gasteiger partial charge in [-0.1, -0.05) is 29.8 Å². The first-order chi connectivity index (χ1) is 11.5. The highest BCUT2D eigenvalue weighted by Gasteiger charge is 2.44. The molecule has 1 spiro atoms. The Labute approximate surface area is 140 Å². The van der Waals surface area contributed by atoms with Crippen molar-refractivity contribution in [3.63, 3.8) is 0 Å². The van der Waals surface area contributed by atoms with Gasteiger partial charge in [-0.05, 0) is 42.9 Å². The van der Waals surface area contributed by atoms with Crippen LogP contribution in [0.5, 0.6) is 0 Å². The molecule has 0 bridgehead atoms. The molecule has 2 atom stereocenters. The molecule has 3 rings (SSSR count). The Morgan fingerprint density at radius 3 is 2.62 bits per heavy atom. The number of aliphatic hydroxyl groups is 1. The minimum atomic E-state index is -1.12. The van der Waals surface area contributed by atoms with Gasteiger partial charge in [0.05, 0.1) is 6.04 Å². The molecular weight excluding hydrogens is 306 g/mol. The summed E-state index contributed by atoms with van der Waals surface area (Å²) in [5, 5.41) is 12.8. The molecule has 2 N–H and O–H groups in total. The molecule has 0 radical (unpaired) electrons. The van der Waals surface area contributed by atoms with E-state index < -0.39 is 17.9 Å². The fourth-order valence-electron chi connectivity index (χ4n) is 2.77. The second kappa shape index (κ2) is 6.55. The van der Waals surface area contributed by atoms with Gasteiger partial charge < -0.3 is 15.2 Å². The molecule has 1 heterocycles. The van der Waals surface area contributed by atoms with Crippen LogP contribution in [-0.4, -0.2) is 34.7 Å². The normalized spacial score (nSPS) is 24.8. The first kappa shape index (κ1) is 16.4. The topological polar surface area (TPSA) is 75.6 Å². The predicted octanol–water partition coefficient (Wildman–Crippen LogP) is 1.67. The van der Waals surface area contributed by atoms with Crippen molar-refractivity contribution in [3.05, 3.63) is 65.8 Å². The summed E-state index contributed by atoms with van der Waals surface area (Å²) in [6, 6.07) is 7.26. The third-order valence-corrected chi connectivity index (χ3v) is 4.11. The monoisotopic (exact) mass is 325 g/mol. The summed E-state index contributed by atoms with van der Waals surface area (Å²) in [4.78, 5) is 23.3. The molecular formula is C19H19NO4. The van der Waals surface area contributed by atoms with Gasteiger partial charge in [0.2, 0.25) is 5.91 Å². The molecule has 1 unspecified atom stereocenters. The zero-order valence-electron chi connectivity index (χ0n) is 13.3. The van der Waals surface area contributed by atoms with E-state index in [0.29, 0.717) is 6.42 Å². The molecule has 1 aliphatic carbocycles. The zero-order chi connectivity index (χ0) is 17.2. The van der Waals surface area contributed by atoms with Gasteiger partial charge in [0.1, 0.15) is 5.60 Å². The van der Waals surface area contributed by atoms with Crippen molar-refractivity contribution in [3.8, 4) is 0 Å². The van der Waals surface area contributed by atoms with Gasteiger partial charge >= 0.3 is 0 Å². The van der Waals surface area contributed by atoms with E-state index in [2.05, 4.69) is 5.32 Å². The van der Waals surface area contributed by atoms with E-state index in [1.807, 2.05) is 31.2 Å². The van der Waals surface area contributed by atoms with Gasteiger partial charge in [0.15, 0.2) is 12.1 Å². The molecule has 1 amide bonds. The summed E-state index contributed by atoms with van der Waals surface area (Å²) in [7, 11) is 0. The molecule has 2 aliphatic rings. The van der Waals surface area contributed by atoms with Crippen molar-refractivity contribution in [1.29, 1.82) is 0 Å². The Morgan fingerprint density at radius 2 is 1.96 bits per heavy atom. The van der Waals surface area contributed by atoms with Gasteiger partial charge in [-0.15, -0.1) is 0 Å². The van der Waals surface area contributed by atoms with E-state index in [1.165, 1.54) is 18.2 Å². The largest absolute Gasteiger partial charge is 0.366 e. The maximum absolute atomic E-state index is 12.1. The third kappa shape index (κ3) is 3.69. The van der Waals surface area contributed by atoms with Crippen LogP contribution in [0.3, 0.4) is 0 Å². The van der Waals surface area contributed by atoms with Crippen molar-refractivity contribution in [2.45, 2.75) is 31.3 Å². The van der Waals surface area contributed by atoms with E-state index in [1.54, 1.807) is 18.2 Å². The number of hydrogen-bond acceptors (Lipinski definition) is 4. The minimum absolute atomic E-state index is 0.118. The molecule has 0 saturated carbocycles. The van der Waals surface area contributed by atoms with Gasteiger partial charge in [-0.3, -0.25) is 9.59 Å². The Hall–Kier alpha value is -2.50. The zero-order valence-corrected chi connectivity index (χ0v) is 13.3. The first-order valence-corrected chi connectivity index (χ1v) is 7.79. The maximum atomic E-state index is 12.1. The predicted molar refractivity (Wildman–Crippen MR) is 89.9 cm³/mol. The van der Waals surface area contributed by atoms with Crippen LogP contribution in [0.2, 0.25) is 0 Å². The average molecular weight is 325 g/mol. The van der Waals surface area contributed by atoms with Crippen LogP contribution in [-0.2, 0) is 14.3 Å². The summed E-state index contributed by atoms with van der Waals surface area (Å²) in [5.74, 6) is -0.424. The van der Waals surface area contributed by atoms with Gasteiger partial charge in [0, 0.05) is 12.5 Å². The number of rotatable bonds is 3. The van der Waals surface area contributed by atoms with Gasteiger partial charge in [0.25, 0.3) is 0 Å². The SMILES string of the molecule is Cc1ccc(/C=C/C(=O)N[C@H]2CC3(C=CC(=O)C=C3)OC2O)cc1. The number of benzene rings is 1. The molecule has 5 heteroatoms. The number of amides is 1. The summed E-state index contributed by atoms with van der Waals surface area (Å²) >= 11 is 0. The van der Waals surface area contributed by atoms with Crippen LogP contribution in [0.4, 0.5) is 0 Å². The highest BCUT2D eigenvalue weighted by atomic mass is 16.6. The number of ketones is 1. The van der Waals surface area contributed by atoms with Gasteiger partial charge in [-0.2, -0.15) is 0 Å². The van der Waals surface area contributed by atoms with Crippen molar-refractivity contribution in [1.82, 2.24) is 5.32 Å². The maximum Gasteiger partial charge on any atom is 0.244 e. The van der Waals surface area contributed by atoms with Crippen LogP contribution in [0, 0.1) is 6.92 Å². The second-order valence-electron chi connectivity index (χ2n) is 6.10. The number of nitrogens with one attached hydrogen (secondary N) is 1. The molecule has 0 aromatic heterocycles. The van der Waals surface area contributed by atoms with Crippen LogP contribution in [0.25, 0.3) is 6.08 Å². The van der Waals surface area contributed by atoms with Crippen molar-refractivity contribution < 1.29 is 19.4 Å². The molecule has 1 fully saturated rings. The number of aliphatic hydroxyl groups excluding tert-OH is 1. The number of allylic oxidation sites excluding steroid dienone is 2. The van der Waals surface area contributed by atoms with Crippen molar-refractivity contribution in [2.75, 3.05) is 0 Å². The fraction of sp³-hybridized carbons (Fsp3) is 0.263.